The van der Waals surface area contributed by atoms with Crippen LogP contribution in [0.3, 0.4) is 0 Å². The van der Waals surface area contributed by atoms with E-state index in [-0.39, 0.29) is 11.6 Å². The fraction of sp³-hybridized carbons (Fsp3) is 0.207. The van der Waals surface area contributed by atoms with Crippen molar-refractivity contribution in [1.29, 1.82) is 5.26 Å². The molecule has 4 aromatic rings. The summed E-state index contributed by atoms with van der Waals surface area (Å²) in [5.74, 6) is -0.0841. The Hall–Kier alpha value is -3.71. The Bertz CT molecular complexity index is 1310. The summed E-state index contributed by atoms with van der Waals surface area (Å²) in [4.78, 5) is 0. The first-order valence-electron chi connectivity index (χ1n) is 11.2. The molecule has 33 heavy (non-hydrogen) atoms. The van der Waals surface area contributed by atoms with Gasteiger partial charge in [0.25, 0.3) is 0 Å². The van der Waals surface area contributed by atoms with Gasteiger partial charge >= 0.3 is 0 Å². The maximum atomic E-state index is 15.2. The van der Waals surface area contributed by atoms with Crippen LogP contribution in [0, 0.1) is 23.0 Å². The summed E-state index contributed by atoms with van der Waals surface area (Å²) >= 11 is 0. The Morgan fingerprint density at radius 1 is 0.879 bits per heavy atom. The first-order chi connectivity index (χ1) is 16.1. The third-order valence-corrected chi connectivity index (χ3v) is 5.82. The van der Waals surface area contributed by atoms with Crippen LogP contribution in [0.1, 0.15) is 36.5 Å². The highest BCUT2D eigenvalue weighted by molar-refractivity contribution is 5.88. The Kier molecular flexibility index (Phi) is 7.00. The average Bonchev–Trinajstić information content (AvgIpc) is 2.84. The van der Waals surface area contributed by atoms with E-state index < -0.39 is 0 Å². The normalized spacial score (nSPS) is 10.8. The highest BCUT2D eigenvalue weighted by atomic mass is 19.1. The van der Waals surface area contributed by atoms with E-state index in [2.05, 4.69) is 13.0 Å². The molecule has 0 amide bonds. The zero-order chi connectivity index (χ0) is 23.2. The molecule has 0 N–H and O–H groups in total. The zero-order valence-corrected chi connectivity index (χ0v) is 18.6. The van der Waals surface area contributed by atoms with Crippen molar-refractivity contribution in [2.45, 2.75) is 32.6 Å². The Balaban J connectivity index is 1.53. The molecule has 0 fully saturated rings. The number of nitrogens with zero attached hydrogens (tertiary/aromatic N) is 1. The van der Waals surface area contributed by atoms with Crippen LogP contribution < -0.4 is 4.74 Å². The van der Waals surface area contributed by atoms with Gasteiger partial charge in [-0.05, 0) is 71.7 Å². The fourth-order valence-electron chi connectivity index (χ4n) is 3.88. The maximum Gasteiger partial charge on any atom is 0.134 e. The molecule has 4 aromatic carbocycles. The van der Waals surface area contributed by atoms with E-state index >= 15 is 4.39 Å². The molecule has 0 aromatic heterocycles. The van der Waals surface area contributed by atoms with E-state index in [0.717, 1.165) is 23.8 Å². The van der Waals surface area contributed by atoms with Gasteiger partial charge in [-0.25, -0.2) is 8.78 Å². The molecule has 0 radical (unpaired) electrons. The van der Waals surface area contributed by atoms with Gasteiger partial charge in [0.05, 0.1) is 18.2 Å². The number of ether oxygens (including phenoxy) is 1. The van der Waals surface area contributed by atoms with Gasteiger partial charge < -0.3 is 4.74 Å². The molecule has 0 aliphatic rings. The lowest BCUT2D eigenvalue weighted by Crippen LogP contribution is -1.97. The van der Waals surface area contributed by atoms with Crippen molar-refractivity contribution in [3.05, 3.63) is 101 Å². The van der Waals surface area contributed by atoms with Crippen molar-refractivity contribution in [2.75, 3.05) is 6.61 Å². The number of nitriles is 1. The van der Waals surface area contributed by atoms with Crippen LogP contribution in [0.25, 0.3) is 21.9 Å². The Morgan fingerprint density at radius 3 is 2.42 bits per heavy atom. The van der Waals surface area contributed by atoms with Gasteiger partial charge in [-0.3, -0.25) is 0 Å². The molecule has 0 heterocycles. The van der Waals surface area contributed by atoms with Crippen LogP contribution >= 0.6 is 0 Å². The number of rotatable bonds is 8. The van der Waals surface area contributed by atoms with E-state index in [4.69, 9.17) is 10.00 Å². The number of aryl methyl sites for hydroxylation is 2. The molecule has 0 unspecified atom stereocenters. The van der Waals surface area contributed by atoms with Crippen molar-refractivity contribution in [3.63, 3.8) is 0 Å². The van der Waals surface area contributed by atoms with E-state index in [0.29, 0.717) is 52.8 Å². The van der Waals surface area contributed by atoms with Crippen molar-refractivity contribution < 1.29 is 13.5 Å². The average molecular weight is 442 g/mol. The van der Waals surface area contributed by atoms with Gasteiger partial charge in [-0.15, -0.1) is 0 Å². The Morgan fingerprint density at radius 2 is 1.70 bits per heavy atom. The minimum atomic E-state index is -0.358. The third kappa shape index (κ3) is 5.21. The first kappa shape index (κ1) is 22.5. The summed E-state index contributed by atoms with van der Waals surface area (Å²) in [6, 6.07) is 23.3. The molecule has 2 nitrogen and oxygen atoms in total. The lowest BCUT2D eigenvalue weighted by molar-refractivity contribution is 0.308. The smallest absolute Gasteiger partial charge is 0.134 e. The summed E-state index contributed by atoms with van der Waals surface area (Å²) in [5.41, 5.74) is 3.47. The molecule has 0 aliphatic carbocycles. The standard InChI is InChI=1S/C29H25F2NO/c1-2-3-16-33-25-13-15-26(28(30)18-25)23-12-14-27-24(17-23)11-10-22(29(27)31)9-8-20-4-6-21(19-32)7-5-20/h4-7,10-15,17-18H,2-3,8-9,16H2,1H3. The summed E-state index contributed by atoms with van der Waals surface area (Å²) in [7, 11) is 0. The number of hydrogen-bond donors (Lipinski definition) is 0. The van der Waals surface area contributed by atoms with E-state index in [1.807, 2.05) is 24.3 Å². The molecule has 4 rings (SSSR count). The van der Waals surface area contributed by atoms with Gasteiger partial charge in [0.15, 0.2) is 0 Å². The molecule has 0 bridgehead atoms. The van der Waals surface area contributed by atoms with Crippen molar-refractivity contribution in [2.24, 2.45) is 0 Å². The lowest BCUT2D eigenvalue weighted by Gasteiger charge is -2.11. The largest absolute Gasteiger partial charge is 0.493 e. The lowest BCUT2D eigenvalue weighted by atomic mass is 9.97. The zero-order valence-electron chi connectivity index (χ0n) is 18.6. The molecule has 166 valence electrons. The second-order valence-corrected chi connectivity index (χ2v) is 8.13. The molecule has 4 heteroatoms. The predicted octanol–water partition coefficient (Wildman–Crippen LogP) is 7.62. The van der Waals surface area contributed by atoms with Gasteiger partial charge in [-0.1, -0.05) is 49.7 Å². The van der Waals surface area contributed by atoms with Crippen LogP contribution in [0.4, 0.5) is 8.78 Å². The van der Waals surface area contributed by atoms with Crippen LogP contribution in [0.2, 0.25) is 0 Å². The summed E-state index contributed by atoms with van der Waals surface area (Å²) in [5, 5.41) is 10.2. The van der Waals surface area contributed by atoms with Crippen LogP contribution in [-0.4, -0.2) is 6.61 Å². The van der Waals surface area contributed by atoms with Crippen LogP contribution in [-0.2, 0) is 12.8 Å². The second-order valence-electron chi connectivity index (χ2n) is 8.13. The maximum absolute atomic E-state index is 15.2. The fourth-order valence-corrected chi connectivity index (χ4v) is 3.88. The summed E-state index contributed by atoms with van der Waals surface area (Å²) < 4.78 is 35.5. The van der Waals surface area contributed by atoms with Gasteiger partial charge in [0.2, 0.25) is 0 Å². The number of hydrogen-bond acceptors (Lipinski definition) is 2. The molecular formula is C29H25F2NO. The topological polar surface area (TPSA) is 33.0 Å². The number of fused-ring (bicyclic) bond motifs is 1. The highest BCUT2D eigenvalue weighted by Crippen LogP contribution is 2.31. The number of benzene rings is 4. The minimum absolute atomic E-state index is 0.243. The molecule has 0 saturated heterocycles. The number of unbranched alkanes of at least 4 members (excludes halogenated alkanes) is 1. The van der Waals surface area contributed by atoms with Crippen molar-refractivity contribution >= 4 is 10.8 Å². The quantitative estimate of drug-likeness (QED) is 0.264. The van der Waals surface area contributed by atoms with Crippen LogP contribution in [0.15, 0.2) is 72.8 Å². The minimum Gasteiger partial charge on any atom is -0.493 e. The third-order valence-electron chi connectivity index (χ3n) is 5.82. The monoisotopic (exact) mass is 441 g/mol. The molecule has 0 aliphatic heterocycles. The molecule has 0 spiro atoms. The van der Waals surface area contributed by atoms with Gasteiger partial charge in [0.1, 0.15) is 17.4 Å². The van der Waals surface area contributed by atoms with Gasteiger partial charge in [-0.2, -0.15) is 5.26 Å². The molecule has 0 atom stereocenters. The summed E-state index contributed by atoms with van der Waals surface area (Å²) in [6.07, 6.45) is 3.19. The molecule has 0 saturated carbocycles. The number of halogens is 2. The Labute approximate surface area is 193 Å². The summed E-state index contributed by atoms with van der Waals surface area (Å²) in [6.45, 7) is 2.64. The van der Waals surface area contributed by atoms with E-state index in [1.54, 1.807) is 42.5 Å². The predicted molar refractivity (Wildman–Crippen MR) is 128 cm³/mol. The van der Waals surface area contributed by atoms with Crippen LogP contribution in [0.5, 0.6) is 5.75 Å². The van der Waals surface area contributed by atoms with E-state index in [9.17, 15) is 4.39 Å². The highest BCUT2D eigenvalue weighted by Gasteiger charge is 2.12. The van der Waals surface area contributed by atoms with Gasteiger partial charge in [0, 0.05) is 17.0 Å². The molecular weight excluding hydrogens is 416 g/mol. The van der Waals surface area contributed by atoms with Crippen molar-refractivity contribution in [3.8, 4) is 22.9 Å². The van der Waals surface area contributed by atoms with Crippen molar-refractivity contribution in [1.82, 2.24) is 0 Å². The first-order valence-corrected chi connectivity index (χ1v) is 11.2. The second kappa shape index (κ2) is 10.3. The SMILES string of the molecule is CCCCOc1ccc(-c2ccc3c(F)c(CCc4ccc(C#N)cc4)ccc3c2)c(F)c1. The van der Waals surface area contributed by atoms with E-state index in [1.165, 1.54) is 6.07 Å².